The Bertz CT molecular complexity index is 530. The Hall–Kier alpha value is -0.470. The van der Waals surface area contributed by atoms with Crippen molar-refractivity contribution < 1.29 is 4.74 Å². The molecule has 1 aliphatic rings. The van der Waals surface area contributed by atoms with Crippen molar-refractivity contribution in [2.75, 3.05) is 40.1 Å². The minimum Gasteiger partial charge on any atom is -0.381 e. The number of hydrogen-bond donors (Lipinski definition) is 1. The minimum absolute atomic E-state index is 0. The highest BCUT2D eigenvalue weighted by molar-refractivity contribution is 14.0. The second kappa shape index (κ2) is 11.3. The van der Waals surface area contributed by atoms with Crippen LogP contribution in [-0.4, -0.2) is 55.7 Å². The molecular formula is C19H32IN3OS. The van der Waals surface area contributed by atoms with Gasteiger partial charge in [0.1, 0.15) is 0 Å². The lowest BCUT2D eigenvalue weighted by Crippen LogP contribution is -2.48. The number of guanidine groups is 1. The number of nitrogens with zero attached hydrogens (tertiary/aromatic N) is 2. The van der Waals surface area contributed by atoms with Gasteiger partial charge in [-0.05, 0) is 36.6 Å². The van der Waals surface area contributed by atoms with E-state index in [1.54, 1.807) is 0 Å². The second-order valence-corrected chi connectivity index (χ2v) is 7.70. The second-order valence-electron chi connectivity index (χ2n) is 6.43. The van der Waals surface area contributed by atoms with Gasteiger partial charge in [-0.3, -0.25) is 4.99 Å². The molecular weight excluding hydrogens is 445 g/mol. The first-order valence-corrected chi connectivity index (χ1v) is 9.97. The first-order chi connectivity index (χ1) is 11.6. The van der Waals surface area contributed by atoms with E-state index in [9.17, 15) is 0 Å². The molecule has 0 atom stereocenters. The number of aryl methyl sites for hydroxylation is 1. The van der Waals surface area contributed by atoms with Gasteiger partial charge < -0.3 is 15.0 Å². The Kier molecular flexibility index (Phi) is 10.2. The molecule has 0 spiro atoms. The van der Waals surface area contributed by atoms with Crippen LogP contribution in [0.15, 0.2) is 29.3 Å². The van der Waals surface area contributed by atoms with Gasteiger partial charge in [0.15, 0.2) is 5.96 Å². The van der Waals surface area contributed by atoms with Crippen molar-refractivity contribution in [2.45, 2.75) is 37.5 Å². The van der Waals surface area contributed by atoms with Crippen LogP contribution in [0.1, 0.15) is 30.9 Å². The van der Waals surface area contributed by atoms with Gasteiger partial charge in [-0.15, -0.1) is 24.0 Å². The van der Waals surface area contributed by atoms with Crippen molar-refractivity contribution >= 4 is 41.7 Å². The summed E-state index contributed by atoms with van der Waals surface area (Å²) in [6.07, 6.45) is 5.48. The molecule has 1 aromatic rings. The molecule has 6 heteroatoms. The molecule has 0 aliphatic carbocycles. The van der Waals surface area contributed by atoms with Crippen molar-refractivity contribution in [3.8, 4) is 0 Å². The van der Waals surface area contributed by atoms with Crippen LogP contribution in [0.25, 0.3) is 0 Å². The van der Waals surface area contributed by atoms with Crippen LogP contribution in [0.4, 0.5) is 0 Å². The maximum atomic E-state index is 5.52. The van der Waals surface area contributed by atoms with E-state index >= 15 is 0 Å². The van der Waals surface area contributed by atoms with E-state index < -0.39 is 0 Å². The van der Waals surface area contributed by atoms with E-state index in [0.717, 1.165) is 51.5 Å². The summed E-state index contributed by atoms with van der Waals surface area (Å²) in [5.41, 5.74) is 2.69. The highest BCUT2D eigenvalue weighted by Gasteiger charge is 2.32. The minimum atomic E-state index is 0. The SMILES string of the molecule is CCc1ccc(CN(C)C(=NC)NCC2(SC)CCOCC2)cc1.I. The Morgan fingerprint density at radius 2 is 1.84 bits per heavy atom. The molecule has 25 heavy (non-hydrogen) atoms. The number of hydrogen-bond acceptors (Lipinski definition) is 3. The van der Waals surface area contributed by atoms with Gasteiger partial charge in [0.25, 0.3) is 0 Å². The van der Waals surface area contributed by atoms with E-state index in [0.29, 0.717) is 0 Å². The number of ether oxygens (including phenoxy) is 1. The van der Waals surface area contributed by atoms with Crippen molar-refractivity contribution in [3.05, 3.63) is 35.4 Å². The summed E-state index contributed by atoms with van der Waals surface area (Å²) in [5.74, 6) is 0.953. The molecule has 0 amide bonds. The van der Waals surface area contributed by atoms with Crippen molar-refractivity contribution in [1.82, 2.24) is 10.2 Å². The summed E-state index contributed by atoms with van der Waals surface area (Å²) in [7, 11) is 3.95. The molecule has 142 valence electrons. The molecule has 1 N–H and O–H groups in total. The zero-order valence-electron chi connectivity index (χ0n) is 15.9. The number of aliphatic imine (C=N–C) groups is 1. The number of thioether (sulfide) groups is 1. The summed E-state index contributed by atoms with van der Waals surface area (Å²) in [6, 6.07) is 8.85. The van der Waals surface area contributed by atoms with Crippen LogP contribution in [-0.2, 0) is 17.7 Å². The Morgan fingerprint density at radius 3 is 2.36 bits per heavy atom. The zero-order chi connectivity index (χ0) is 17.4. The Labute approximate surface area is 174 Å². The Morgan fingerprint density at radius 1 is 1.24 bits per heavy atom. The average Bonchev–Trinajstić information content (AvgIpc) is 2.63. The molecule has 0 aromatic heterocycles. The lowest BCUT2D eigenvalue weighted by molar-refractivity contribution is 0.0781. The van der Waals surface area contributed by atoms with Gasteiger partial charge in [-0.1, -0.05) is 31.2 Å². The molecule has 0 saturated carbocycles. The number of nitrogens with one attached hydrogen (secondary N) is 1. The van der Waals surface area contributed by atoms with Crippen molar-refractivity contribution in [3.63, 3.8) is 0 Å². The zero-order valence-corrected chi connectivity index (χ0v) is 19.0. The molecule has 0 bridgehead atoms. The van der Waals surface area contributed by atoms with E-state index in [1.807, 2.05) is 18.8 Å². The highest BCUT2D eigenvalue weighted by atomic mass is 127. The van der Waals surface area contributed by atoms with Crippen LogP contribution in [0.3, 0.4) is 0 Å². The largest absolute Gasteiger partial charge is 0.381 e. The first-order valence-electron chi connectivity index (χ1n) is 8.75. The van der Waals surface area contributed by atoms with Crippen LogP contribution in [0, 0.1) is 0 Å². The summed E-state index contributed by atoms with van der Waals surface area (Å²) in [4.78, 5) is 6.65. The quantitative estimate of drug-likeness (QED) is 0.385. The maximum Gasteiger partial charge on any atom is 0.193 e. The molecule has 1 heterocycles. The molecule has 0 unspecified atom stereocenters. The molecule has 4 nitrogen and oxygen atoms in total. The van der Waals surface area contributed by atoms with E-state index in [4.69, 9.17) is 4.74 Å². The third kappa shape index (κ3) is 6.64. The van der Waals surface area contributed by atoms with E-state index in [-0.39, 0.29) is 28.7 Å². The van der Waals surface area contributed by atoms with Crippen LogP contribution < -0.4 is 5.32 Å². The summed E-state index contributed by atoms with van der Waals surface area (Å²) >= 11 is 1.95. The lowest BCUT2D eigenvalue weighted by atomic mass is 9.99. The standard InChI is InChI=1S/C19H31N3OS.HI/c1-5-16-6-8-17(9-7-16)14-22(3)18(20-2)21-15-19(24-4)10-12-23-13-11-19;/h6-9H,5,10-15H2,1-4H3,(H,20,21);1H. The molecule has 0 radical (unpaired) electrons. The van der Waals surface area contributed by atoms with E-state index in [2.05, 4.69) is 59.7 Å². The first kappa shape index (κ1) is 22.6. The normalized spacial score (nSPS) is 16.9. The number of halogens is 1. The Balaban J connectivity index is 0.00000312. The predicted molar refractivity (Wildman–Crippen MR) is 120 cm³/mol. The smallest absolute Gasteiger partial charge is 0.193 e. The van der Waals surface area contributed by atoms with Gasteiger partial charge in [0.2, 0.25) is 0 Å². The molecule has 1 fully saturated rings. The molecule has 2 rings (SSSR count). The number of rotatable bonds is 6. The molecule has 1 saturated heterocycles. The fraction of sp³-hybridized carbons (Fsp3) is 0.632. The van der Waals surface area contributed by atoms with Crippen LogP contribution in [0.2, 0.25) is 0 Å². The molecule has 1 aliphatic heterocycles. The van der Waals surface area contributed by atoms with Crippen molar-refractivity contribution in [2.24, 2.45) is 4.99 Å². The van der Waals surface area contributed by atoms with E-state index in [1.165, 1.54) is 11.1 Å². The number of benzene rings is 1. The van der Waals surface area contributed by atoms with Gasteiger partial charge in [-0.2, -0.15) is 11.8 Å². The topological polar surface area (TPSA) is 36.9 Å². The van der Waals surface area contributed by atoms with Crippen molar-refractivity contribution in [1.29, 1.82) is 0 Å². The summed E-state index contributed by atoms with van der Waals surface area (Å²) < 4.78 is 5.78. The highest BCUT2D eigenvalue weighted by Crippen LogP contribution is 2.33. The lowest BCUT2D eigenvalue weighted by Gasteiger charge is -2.37. The fourth-order valence-corrected chi connectivity index (χ4v) is 3.84. The third-order valence-electron chi connectivity index (χ3n) is 4.83. The van der Waals surface area contributed by atoms with Crippen LogP contribution >= 0.6 is 35.7 Å². The summed E-state index contributed by atoms with van der Waals surface area (Å²) in [5, 5.41) is 3.57. The third-order valence-corrected chi connectivity index (χ3v) is 6.25. The van der Waals surface area contributed by atoms with Gasteiger partial charge in [-0.25, -0.2) is 0 Å². The fourth-order valence-electron chi connectivity index (χ4n) is 3.05. The van der Waals surface area contributed by atoms with Crippen LogP contribution in [0.5, 0.6) is 0 Å². The molecule has 1 aromatic carbocycles. The van der Waals surface area contributed by atoms with Gasteiger partial charge >= 0.3 is 0 Å². The predicted octanol–water partition coefficient (Wildman–Crippen LogP) is 3.79. The summed E-state index contributed by atoms with van der Waals surface area (Å²) in [6.45, 7) is 5.70. The van der Waals surface area contributed by atoms with Gasteiger partial charge in [0, 0.05) is 45.1 Å². The average molecular weight is 477 g/mol. The maximum absolute atomic E-state index is 5.52. The monoisotopic (exact) mass is 477 g/mol. The van der Waals surface area contributed by atoms with Gasteiger partial charge in [0.05, 0.1) is 0 Å².